The zero-order valence-electron chi connectivity index (χ0n) is 15.3. The fourth-order valence-electron chi connectivity index (χ4n) is 3.63. The van der Waals surface area contributed by atoms with Gasteiger partial charge < -0.3 is 10.1 Å². The Hall–Kier alpha value is -2.50. The SMILES string of the molecule is COCCNC(=O)c1c2c(nc3ccccc13)/C(=C/c1cccs1)CCC2. The van der Waals surface area contributed by atoms with Crippen LogP contribution in [0.1, 0.15) is 39.3 Å². The number of thiophene rings is 1. The number of ether oxygens (including phenoxy) is 1. The molecule has 1 aliphatic carbocycles. The van der Waals surface area contributed by atoms with Crippen LogP contribution in [-0.2, 0) is 11.2 Å². The first-order valence-corrected chi connectivity index (χ1v) is 10.1. The number of aromatic nitrogens is 1. The number of allylic oxidation sites excluding steroid dienone is 1. The number of hydrogen-bond donors (Lipinski definition) is 1. The molecule has 1 amide bonds. The number of benzene rings is 1. The van der Waals surface area contributed by atoms with Gasteiger partial charge in [-0.25, -0.2) is 4.98 Å². The second-order valence-electron chi connectivity index (χ2n) is 6.62. The van der Waals surface area contributed by atoms with E-state index in [4.69, 9.17) is 9.72 Å². The molecule has 0 saturated heterocycles. The Kier molecular flexibility index (Phi) is 5.32. The van der Waals surface area contributed by atoms with E-state index >= 15 is 0 Å². The maximum Gasteiger partial charge on any atom is 0.252 e. The number of rotatable bonds is 5. The van der Waals surface area contributed by atoms with Gasteiger partial charge in [-0.1, -0.05) is 24.3 Å². The fourth-order valence-corrected chi connectivity index (χ4v) is 4.32. The van der Waals surface area contributed by atoms with Crippen LogP contribution in [0.5, 0.6) is 0 Å². The van der Waals surface area contributed by atoms with Crippen LogP contribution in [-0.4, -0.2) is 31.2 Å². The summed E-state index contributed by atoms with van der Waals surface area (Å²) in [7, 11) is 1.64. The lowest BCUT2D eigenvalue weighted by Gasteiger charge is -2.22. The van der Waals surface area contributed by atoms with Crippen molar-refractivity contribution < 1.29 is 9.53 Å². The van der Waals surface area contributed by atoms with E-state index in [1.165, 1.54) is 10.5 Å². The lowest BCUT2D eigenvalue weighted by atomic mass is 9.86. The number of para-hydroxylation sites is 1. The van der Waals surface area contributed by atoms with Gasteiger partial charge in [0.2, 0.25) is 0 Å². The summed E-state index contributed by atoms with van der Waals surface area (Å²) in [5, 5.41) is 6.00. The van der Waals surface area contributed by atoms with Gasteiger partial charge in [0.1, 0.15) is 0 Å². The van der Waals surface area contributed by atoms with Crippen LogP contribution in [0.2, 0.25) is 0 Å². The van der Waals surface area contributed by atoms with E-state index in [-0.39, 0.29) is 5.91 Å². The lowest BCUT2D eigenvalue weighted by Crippen LogP contribution is -2.29. The third-order valence-electron chi connectivity index (χ3n) is 4.85. The maximum absolute atomic E-state index is 13.0. The highest BCUT2D eigenvalue weighted by atomic mass is 32.1. The zero-order valence-corrected chi connectivity index (χ0v) is 16.1. The third-order valence-corrected chi connectivity index (χ3v) is 5.67. The summed E-state index contributed by atoms with van der Waals surface area (Å²) in [6.45, 7) is 0.999. The number of carbonyl (C=O) groups excluding carboxylic acids is 1. The van der Waals surface area contributed by atoms with Crippen molar-refractivity contribution in [3.8, 4) is 0 Å². The Labute approximate surface area is 162 Å². The van der Waals surface area contributed by atoms with Crippen molar-refractivity contribution in [2.75, 3.05) is 20.3 Å². The van der Waals surface area contributed by atoms with Crippen molar-refractivity contribution in [1.82, 2.24) is 10.3 Å². The molecule has 3 aromatic rings. The molecule has 5 heteroatoms. The van der Waals surface area contributed by atoms with Crippen LogP contribution in [0.15, 0.2) is 41.8 Å². The monoisotopic (exact) mass is 378 g/mol. The first kappa shape index (κ1) is 17.9. The predicted octanol–water partition coefficient (Wildman–Crippen LogP) is 4.55. The smallest absolute Gasteiger partial charge is 0.252 e. The molecule has 1 aliphatic rings. The molecular weight excluding hydrogens is 356 g/mol. The number of amides is 1. The Morgan fingerprint density at radius 3 is 2.96 bits per heavy atom. The summed E-state index contributed by atoms with van der Waals surface area (Å²) >= 11 is 1.72. The van der Waals surface area contributed by atoms with Crippen molar-refractivity contribution in [2.24, 2.45) is 0 Å². The topological polar surface area (TPSA) is 51.2 Å². The highest BCUT2D eigenvalue weighted by molar-refractivity contribution is 7.10. The van der Waals surface area contributed by atoms with Crippen molar-refractivity contribution >= 4 is 39.8 Å². The summed E-state index contributed by atoms with van der Waals surface area (Å²) in [5.41, 5.74) is 4.90. The summed E-state index contributed by atoms with van der Waals surface area (Å²) in [5.74, 6) is -0.0423. The Balaban J connectivity index is 1.85. The molecule has 1 aromatic carbocycles. The van der Waals surface area contributed by atoms with Crippen molar-refractivity contribution in [1.29, 1.82) is 0 Å². The highest BCUT2D eigenvalue weighted by Gasteiger charge is 2.24. The van der Waals surface area contributed by atoms with Crippen LogP contribution in [0, 0.1) is 0 Å². The molecule has 0 aliphatic heterocycles. The molecule has 4 nitrogen and oxygen atoms in total. The number of carbonyl (C=O) groups is 1. The van der Waals surface area contributed by atoms with Crippen molar-refractivity contribution in [3.63, 3.8) is 0 Å². The van der Waals surface area contributed by atoms with E-state index in [0.717, 1.165) is 47.0 Å². The van der Waals surface area contributed by atoms with Crippen LogP contribution in [0.4, 0.5) is 0 Å². The number of hydrogen-bond acceptors (Lipinski definition) is 4. The molecule has 0 bridgehead atoms. The van der Waals surface area contributed by atoms with E-state index in [1.807, 2.05) is 24.3 Å². The van der Waals surface area contributed by atoms with E-state index in [9.17, 15) is 4.79 Å². The molecule has 0 spiro atoms. The Morgan fingerprint density at radius 2 is 2.15 bits per heavy atom. The molecule has 27 heavy (non-hydrogen) atoms. The molecule has 138 valence electrons. The van der Waals surface area contributed by atoms with Crippen LogP contribution in [0.3, 0.4) is 0 Å². The molecule has 2 aromatic heterocycles. The number of nitrogens with zero attached hydrogens (tertiary/aromatic N) is 1. The van der Waals surface area contributed by atoms with Crippen molar-refractivity contribution in [3.05, 3.63) is 63.5 Å². The number of pyridine rings is 1. The molecule has 0 atom stereocenters. The fraction of sp³-hybridized carbons (Fsp3) is 0.273. The highest BCUT2D eigenvalue weighted by Crippen LogP contribution is 2.36. The Morgan fingerprint density at radius 1 is 1.26 bits per heavy atom. The second kappa shape index (κ2) is 8.03. The average Bonchev–Trinajstić information content (AvgIpc) is 3.20. The quantitative estimate of drug-likeness (QED) is 0.663. The second-order valence-corrected chi connectivity index (χ2v) is 7.60. The van der Waals surface area contributed by atoms with Gasteiger partial charge >= 0.3 is 0 Å². The molecule has 0 saturated carbocycles. The molecule has 2 heterocycles. The average molecular weight is 378 g/mol. The van der Waals surface area contributed by atoms with Gasteiger partial charge in [0.05, 0.1) is 23.4 Å². The molecule has 0 unspecified atom stereocenters. The minimum Gasteiger partial charge on any atom is -0.383 e. The lowest BCUT2D eigenvalue weighted by molar-refractivity contribution is 0.0937. The number of nitrogens with one attached hydrogen (secondary N) is 1. The van der Waals surface area contributed by atoms with Crippen LogP contribution < -0.4 is 5.32 Å². The van der Waals surface area contributed by atoms with Gasteiger partial charge in [-0.05, 0) is 54.0 Å². The molecule has 0 radical (unpaired) electrons. The van der Waals surface area contributed by atoms with Gasteiger partial charge in [0, 0.05) is 23.9 Å². The summed E-state index contributed by atoms with van der Waals surface area (Å²) < 4.78 is 5.07. The zero-order chi connectivity index (χ0) is 18.6. The standard InChI is InChI=1S/C22H22N2O2S/c1-26-12-11-23-22(25)20-17-8-2-3-10-19(17)24-21-15(6-4-9-18(20)21)14-16-7-5-13-27-16/h2-3,5,7-8,10,13-14H,4,6,9,11-12H2,1H3,(H,23,25)/b15-14+. The van der Waals surface area contributed by atoms with E-state index in [0.29, 0.717) is 13.2 Å². The third kappa shape index (κ3) is 3.66. The molecular formula is C22H22N2O2S. The predicted molar refractivity (Wildman–Crippen MR) is 111 cm³/mol. The molecule has 4 rings (SSSR count). The van der Waals surface area contributed by atoms with E-state index in [2.05, 4.69) is 28.9 Å². The summed E-state index contributed by atoms with van der Waals surface area (Å²) in [6, 6.07) is 12.1. The van der Waals surface area contributed by atoms with Crippen LogP contribution >= 0.6 is 11.3 Å². The summed E-state index contributed by atoms with van der Waals surface area (Å²) in [6.07, 6.45) is 5.11. The Bertz CT molecular complexity index is 993. The van der Waals surface area contributed by atoms with Gasteiger partial charge in [-0.2, -0.15) is 0 Å². The summed E-state index contributed by atoms with van der Waals surface area (Å²) in [4.78, 5) is 19.2. The first-order chi connectivity index (χ1) is 13.3. The maximum atomic E-state index is 13.0. The van der Waals surface area contributed by atoms with Gasteiger partial charge in [0.15, 0.2) is 0 Å². The van der Waals surface area contributed by atoms with Gasteiger partial charge in [0.25, 0.3) is 5.91 Å². The largest absolute Gasteiger partial charge is 0.383 e. The molecule has 0 fully saturated rings. The number of fused-ring (bicyclic) bond motifs is 2. The van der Waals surface area contributed by atoms with Gasteiger partial charge in [-0.3, -0.25) is 4.79 Å². The minimum atomic E-state index is -0.0423. The number of methoxy groups -OCH3 is 1. The normalized spacial score (nSPS) is 15.1. The first-order valence-electron chi connectivity index (χ1n) is 9.21. The van der Waals surface area contributed by atoms with Crippen LogP contribution in [0.25, 0.3) is 22.6 Å². The van der Waals surface area contributed by atoms with Crippen molar-refractivity contribution in [2.45, 2.75) is 19.3 Å². The molecule has 1 N–H and O–H groups in total. The van der Waals surface area contributed by atoms with Gasteiger partial charge in [-0.15, -0.1) is 11.3 Å². The van der Waals surface area contributed by atoms with E-state index in [1.54, 1.807) is 18.4 Å². The minimum absolute atomic E-state index is 0.0423. The van der Waals surface area contributed by atoms with E-state index < -0.39 is 0 Å².